The van der Waals surface area contributed by atoms with Crippen molar-refractivity contribution in [2.24, 2.45) is 0 Å². The first kappa shape index (κ1) is 18.7. The maximum absolute atomic E-state index is 12.5. The Labute approximate surface area is 171 Å². The third kappa shape index (κ3) is 4.61. The first-order chi connectivity index (χ1) is 14.2. The highest BCUT2D eigenvalue weighted by Gasteiger charge is 2.12. The fourth-order valence-electron chi connectivity index (χ4n) is 2.71. The molecule has 8 heteroatoms. The van der Waals surface area contributed by atoms with Gasteiger partial charge in [-0.2, -0.15) is 0 Å². The minimum absolute atomic E-state index is 0.108. The zero-order chi connectivity index (χ0) is 20.1. The Hall–Kier alpha value is -3.65. The van der Waals surface area contributed by atoms with Gasteiger partial charge < -0.3 is 5.32 Å². The summed E-state index contributed by atoms with van der Waals surface area (Å²) in [5.41, 5.74) is 2.52. The average molecular weight is 402 g/mol. The van der Waals surface area contributed by atoms with Gasteiger partial charge in [-0.1, -0.05) is 41.7 Å². The van der Waals surface area contributed by atoms with Gasteiger partial charge in [0.2, 0.25) is 5.13 Å². The number of aromatic nitrogens is 4. The quantitative estimate of drug-likeness (QED) is 0.496. The molecular formula is C21H18N6OS. The number of benzene rings is 1. The van der Waals surface area contributed by atoms with E-state index in [9.17, 15) is 4.79 Å². The molecule has 0 saturated carbocycles. The number of pyridine rings is 2. The molecule has 4 aromatic rings. The van der Waals surface area contributed by atoms with Gasteiger partial charge in [-0.05, 0) is 36.8 Å². The second-order valence-corrected chi connectivity index (χ2v) is 7.29. The van der Waals surface area contributed by atoms with Crippen LogP contribution in [0.5, 0.6) is 0 Å². The summed E-state index contributed by atoms with van der Waals surface area (Å²) in [6.45, 7) is 2.06. The summed E-state index contributed by atoms with van der Waals surface area (Å²) < 4.78 is 0. The minimum atomic E-state index is -0.280. The molecule has 29 heavy (non-hydrogen) atoms. The summed E-state index contributed by atoms with van der Waals surface area (Å²) in [4.78, 5) is 20.8. The number of carbonyl (C=O) groups is 1. The van der Waals surface area contributed by atoms with Gasteiger partial charge in [-0.25, -0.2) is 4.98 Å². The fraction of sp³-hybridized carbons (Fsp3) is 0.0952. The Morgan fingerprint density at radius 1 is 1.00 bits per heavy atom. The van der Waals surface area contributed by atoms with Crippen molar-refractivity contribution < 1.29 is 4.79 Å². The maximum Gasteiger partial charge on any atom is 0.259 e. The zero-order valence-corrected chi connectivity index (χ0v) is 16.4. The van der Waals surface area contributed by atoms with Gasteiger partial charge in [0.15, 0.2) is 0 Å². The number of rotatable bonds is 6. The number of anilines is 2. The first-order valence-corrected chi connectivity index (χ1v) is 9.83. The van der Waals surface area contributed by atoms with E-state index < -0.39 is 0 Å². The smallest absolute Gasteiger partial charge is 0.259 e. The lowest BCUT2D eigenvalue weighted by atomic mass is 10.1. The van der Waals surface area contributed by atoms with E-state index in [1.807, 2.05) is 30.3 Å². The van der Waals surface area contributed by atoms with E-state index in [4.69, 9.17) is 0 Å². The molecule has 0 spiro atoms. The Morgan fingerprint density at radius 3 is 2.52 bits per heavy atom. The Balaban J connectivity index is 1.39. The second-order valence-electron chi connectivity index (χ2n) is 6.31. The molecule has 0 aliphatic heterocycles. The monoisotopic (exact) mass is 402 g/mol. The van der Waals surface area contributed by atoms with Crippen molar-refractivity contribution in [3.05, 3.63) is 84.3 Å². The zero-order valence-electron chi connectivity index (χ0n) is 15.6. The van der Waals surface area contributed by atoms with Crippen LogP contribution < -0.4 is 10.6 Å². The van der Waals surface area contributed by atoms with Crippen molar-refractivity contribution in [2.45, 2.75) is 13.0 Å². The summed E-state index contributed by atoms with van der Waals surface area (Å²) in [6.07, 6.45) is 4.92. The molecule has 7 nitrogen and oxygen atoms in total. The fourth-order valence-corrected chi connectivity index (χ4v) is 3.46. The van der Waals surface area contributed by atoms with Crippen molar-refractivity contribution in [1.82, 2.24) is 20.2 Å². The van der Waals surface area contributed by atoms with Crippen LogP contribution in [0.3, 0.4) is 0 Å². The minimum Gasteiger partial charge on any atom is -0.364 e. The number of carbonyl (C=O) groups excluding carboxylic acids is 1. The van der Waals surface area contributed by atoms with Crippen molar-refractivity contribution in [1.29, 1.82) is 0 Å². The van der Waals surface area contributed by atoms with Crippen LogP contribution in [0.4, 0.5) is 10.9 Å². The van der Waals surface area contributed by atoms with E-state index in [1.54, 1.807) is 30.7 Å². The van der Waals surface area contributed by atoms with Crippen LogP contribution in [0.2, 0.25) is 0 Å². The van der Waals surface area contributed by atoms with E-state index >= 15 is 0 Å². The third-order valence-electron chi connectivity index (χ3n) is 4.26. The highest BCUT2D eigenvalue weighted by molar-refractivity contribution is 7.18. The van der Waals surface area contributed by atoms with Crippen molar-refractivity contribution in [2.75, 3.05) is 10.6 Å². The molecule has 1 atom stereocenters. The topological polar surface area (TPSA) is 92.7 Å². The molecule has 0 bridgehead atoms. The van der Waals surface area contributed by atoms with Gasteiger partial charge in [0.25, 0.3) is 5.91 Å². The van der Waals surface area contributed by atoms with E-state index in [-0.39, 0.29) is 11.9 Å². The van der Waals surface area contributed by atoms with Crippen molar-refractivity contribution in [3.8, 4) is 10.6 Å². The normalized spacial score (nSPS) is 11.6. The SMILES string of the molecule is C[C@H](Nc1ccc(C(=O)Nc2nnc(-c3ccncc3)s2)cn1)c1ccccc1. The number of nitrogens with zero attached hydrogens (tertiary/aromatic N) is 4. The van der Waals surface area contributed by atoms with Crippen LogP contribution in [0, 0.1) is 0 Å². The second kappa shape index (κ2) is 8.57. The predicted molar refractivity (Wildman–Crippen MR) is 114 cm³/mol. The number of nitrogens with one attached hydrogen (secondary N) is 2. The van der Waals surface area contributed by atoms with E-state index in [0.29, 0.717) is 16.5 Å². The van der Waals surface area contributed by atoms with Gasteiger partial charge in [0.1, 0.15) is 10.8 Å². The standard InChI is InChI=1S/C21H18N6OS/c1-14(15-5-3-2-4-6-15)24-18-8-7-17(13-23-18)19(28)25-21-27-26-20(29-21)16-9-11-22-12-10-16/h2-14H,1H3,(H,23,24)(H,25,27,28)/t14-/m0/s1. The lowest BCUT2D eigenvalue weighted by Gasteiger charge is -2.15. The van der Waals surface area contributed by atoms with Crippen LogP contribution in [0.1, 0.15) is 28.9 Å². The molecule has 144 valence electrons. The molecule has 1 amide bonds. The summed E-state index contributed by atoms with van der Waals surface area (Å²) >= 11 is 1.30. The molecule has 3 heterocycles. The van der Waals surface area contributed by atoms with E-state index in [0.717, 1.165) is 16.1 Å². The maximum atomic E-state index is 12.5. The Kier molecular flexibility index (Phi) is 5.53. The predicted octanol–water partition coefficient (Wildman–Crippen LogP) is 4.42. The molecule has 0 aliphatic rings. The van der Waals surface area contributed by atoms with Crippen LogP contribution in [0.15, 0.2) is 73.2 Å². The van der Waals surface area contributed by atoms with E-state index in [2.05, 4.69) is 49.9 Å². The van der Waals surface area contributed by atoms with Gasteiger partial charge in [0, 0.05) is 30.2 Å². The lowest BCUT2D eigenvalue weighted by Crippen LogP contribution is -2.13. The van der Waals surface area contributed by atoms with Gasteiger partial charge in [-0.3, -0.25) is 15.1 Å². The van der Waals surface area contributed by atoms with Crippen LogP contribution >= 0.6 is 11.3 Å². The number of hydrogen-bond acceptors (Lipinski definition) is 7. The molecule has 1 aromatic carbocycles. The molecule has 0 aliphatic carbocycles. The van der Waals surface area contributed by atoms with Crippen LogP contribution in [-0.2, 0) is 0 Å². The van der Waals surface area contributed by atoms with Crippen molar-refractivity contribution >= 4 is 28.2 Å². The Bertz CT molecular complexity index is 1080. The average Bonchev–Trinajstić information content (AvgIpc) is 3.24. The first-order valence-electron chi connectivity index (χ1n) is 9.02. The number of amides is 1. The lowest BCUT2D eigenvalue weighted by molar-refractivity contribution is 0.102. The van der Waals surface area contributed by atoms with Gasteiger partial charge >= 0.3 is 0 Å². The Morgan fingerprint density at radius 2 is 1.79 bits per heavy atom. The van der Waals surface area contributed by atoms with Crippen molar-refractivity contribution in [3.63, 3.8) is 0 Å². The molecule has 2 N–H and O–H groups in total. The highest BCUT2D eigenvalue weighted by Crippen LogP contribution is 2.26. The summed E-state index contributed by atoms with van der Waals surface area (Å²) in [5, 5.41) is 15.4. The summed E-state index contributed by atoms with van der Waals surface area (Å²) in [6, 6.07) is 17.4. The van der Waals surface area contributed by atoms with E-state index in [1.165, 1.54) is 11.3 Å². The van der Waals surface area contributed by atoms with Gasteiger partial charge in [0.05, 0.1) is 5.56 Å². The molecule has 0 fully saturated rings. The molecule has 3 aromatic heterocycles. The molecular weight excluding hydrogens is 384 g/mol. The largest absolute Gasteiger partial charge is 0.364 e. The molecule has 0 saturated heterocycles. The molecule has 4 rings (SSSR count). The van der Waals surface area contributed by atoms with Crippen LogP contribution in [0.25, 0.3) is 10.6 Å². The summed E-state index contributed by atoms with van der Waals surface area (Å²) in [7, 11) is 0. The van der Waals surface area contributed by atoms with Crippen LogP contribution in [-0.4, -0.2) is 26.1 Å². The molecule has 0 unspecified atom stereocenters. The highest BCUT2D eigenvalue weighted by atomic mass is 32.1. The number of hydrogen-bond donors (Lipinski definition) is 2. The summed E-state index contributed by atoms with van der Waals surface area (Å²) in [5.74, 6) is 0.423. The third-order valence-corrected chi connectivity index (χ3v) is 5.15. The van der Waals surface area contributed by atoms with Gasteiger partial charge in [-0.15, -0.1) is 10.2 Å². The molecule has 0 radical (unpaired) electrons.